The molecule has 0 bridgehead atoms. The Labute approximate surface area is 143 Å². The van der Waals surface area contributed by atoms with Gasteiger partial charge in [-0.25, -0.2) is 0 Å². The van der Waals surface area contributed by atoms with Crippen LogP contribution >= 0.6 is 0 Å². The summed E-state index contributed by atoms with van der Waals surface area (Å²) in [6, 6.07) is 0. The van der Waals surface area contributed by atoms with E-state index in [0.29, 0.717) is 23.7 Å². The predicted octanol–water partition coefficient (Wildman–Crippen LogP) is 3.66. The highest BCUT2D eigenvalue weighted by atomic mass is 16.4. The summed E-state index contributed by atoms with van der Waals surface area (Å²) in [5.74, 6) is 0.985. The van der Waals surface area contributed by atoms with E-state index in [2.05, 4.69) is 20.8 Å². The number of aliphatic hydroxyl groups is 2. The van der Waals surface area contributed by atoms with Gasteiger partial charge in [0.1, 0.15) is 12.4 Å². The Morgan fingerprint density at radius 3 is 2.75 bits per heavy atom. The molecule has 0 spiro atoms. The quantitative estimate of drug-likeness (QED) is 0.823. The van der Waals surface area contributed by atoms with Crippen molar-refractivity contribution in [2.24, 2.45) is 22.7 Å². The van der Waals surface area contributed by atoms with E-state index in [1.165, 1.54) is 12.8 Å². The molecule has 4 rings (SSSR count). The number of hydrogen-bond donors (Lipinski definition) is 2. The Morgan fingerprint density at radius 1 is 1.29 bits per heavy atom. The topological polar surface area (TPSA) is 70.7 Å². The number of furan rings is 1. The van der Waals surface area contributed by atoms with E-state index < -0.39 is 6.10 Å². The molecular weight excluding hydrogens is 304 g/mol. The number of ketones is 1. The van der Waals surface area contributed by atoms with E-state index in [-0.39, 0.29) is 35.1 Å². The highest BCUT2D eigenvalue weighted by Crippen LogP contribution is 2.65. The van der Waals surface area contributed by atoms with Gasteiger partial charge >= 0.3 is 0 Å². The minimum absolute atomic E-state index is 0.0445. The molecule has 3 aliphatic carbocycles. The smallest absolute Gasteiger partial charge is 0.167 e. The third kappa shape index (κ3) is 2.02. The number of fused-ring (bicyclic) bond motifs is 5. The predicted molar refractivity (Wildman–Crippen MR) is 89.7 cm³/mol. The summed E-state index contributed by atoms with van der Waals surface area (Å²) in [6.45, 7) is 6.72. The van der Waals surface area contributed by atoms with E-state index in [1.807, 2.05) is 0 Å². The van der Waals surface area contributed by atoms with Crippen molar-refractivity contribution in [1.29, 1.82) is 0 Å². The SMILES string of the molecule is CC1(C)CCCC2(C)C3CC(=O)c4c(coc4CO)C3C(O)CC12. The maximum Gasteiger partial charge on any atom is 0.167 e. The summed E-state index contributed by atoms with van der Waals surface area (Å²) in [5.41, 5.74) is 1.65. The fraction of sp³-hybridized carbons (Fsp3) is 0.750. The molecule has 1 aromatic heterocycles. The van der Waals surface area contributed by atoms with Crippen molar-refractivity contribution in [3.05, 3.63) is 23.2 Å². The Kier molecular flexibility index (Phi) is 3.53. The van der Waals surface area contributed by atoms with E-state index in [1.54, 1.807) is 6.26 Å². The lowest BCUT2D eigenvalue weighted by atomic mass is 9.44. The molecule has 24 heavy (non-hydrogen) atoms. The molecule has 0 amide bonds. The van der Waals surface area contributed by atoms with Crippen molar-refractivity contribution >= 4 is 5.78 Å². The summed E-state index contributed by atoms with van der Waals surface area (Å²) < 4.78 is 5.46. The molecule has 2 saturated carbocycles. The second-order valence-electron chi connectivity index (χ2n) is 9.11. The highest BCUT2D eigenvalue weighted by molar-refractivity contribution is 6.00. The van der Waals surface area contributed by atoms with Crippen LogP contribution in [0.1, 0.15) is 80.5 Å². The summed E-state index contributed by atoms with van der Waals surface area (Å²) >= 11 is 0. The molecule has 4 heteroatoms. The summed E-state index contributed by atoms with van der Waals surface area (Å²) in [7, 11) is 0. The van der Waals surface area contributed by atoms with Crippen molar-refractivity contribution in [3.8, 4) is 0 Å². The van der Waals surface area contributed by atoms with Gasteiger partial charge in [-0.3, -0.25) is 4.79 Å². The Balaban J connectivity index is 1.82. The fourth-order valence-corrected chi connectivity index (χ4v) is 6.44. The third-order valence-corrected chi connectivity index (χ3v) is 7.53. The number of carbonyl (C=O) groups excluding carboxylic acids is 1. The number of aliphatic hydroxyl groups excluding tert-OH is 2. The first-order valence-electron chi connectivity index (χ1n) is 9.22. The van der Waals surface area contributed by atoms with Gasteiger partial charge in [-0.2, -0.15) is 0 Å². The van der Waals surface area contributed by atoms with E-state index in [0.717, 1.165) is 18.4 Å². The molecule has 2 fully saturated rings. The molecule has 2 N–H and O–H groups in total. The van der Waals surface area contributed by atoms with Crippen molar-refractivity contribution in [3.63, 3.8) is 0 Å². The maximum absolute atomic E-state index is 12.8. The number of Topliss-reactive ketones (excluding diaryl/α,β-unsaturated/α-hetero) is 1. The van der Waals surface area contributed by atoms with Gasteiger partial charge < -0.3 is 14.6 Å². The van der Waals surface area contributed by atoms with Gasteiger partial charge in [-0.1, -0.05) is 27.2 Å². The Morgan fingerprint density at radius 2 is 2.04 bits per heavy atom. The molecule has 5 atom stereocenters. The number of carbonyl (C=O) groups is 1. The van der Waals surface area contributed by atoms with Gasteiger partial charge in [0.2, 0.25) is 0 Å². The van der Waals surface area contributed by atoms with Gasteiger partial charge in [-0.05, 0) is 41.9 Å². The van der Waals surface area contributed by atoms with Crippen molar-refractivity contribution in [2.45, 2.75) is 71.5 Å². The largest absolute Gasteiger partial charge is 0.466 e. The summed E-state index contributed by atoms with van der Waals surface area (Å²) in [6.07, 6.45) is 5.92. The van der Waals surface area contributed by atoms with Gasteiger partial charge in [0.25, 0.3) is 0 Å². The Hall–Kier alpha value is -1.13. The van der Waals surface area contributed by atoms with E-state index in [4.69, 9.17) is 4.42 Å². The van der Waals surface area contributed by atoms with Crippen molar-refractivity contribution in [1.82, 2.24) is 0 Å². The number of rotatable bonds is 1. The maximum atomic E-state index is 12.8. The lowest BCUT2D eigenvalue weighted by Crippen LogP contribution is -2.56. The average molecular weight is 332 g/mol. The van der Waals surface area contributed by atoms with Crippen LogP contribution in [-0.2, 0) is 6.61 Å². The van der Waals surface area contributed by atoms with Crippen LogP contribution in [0.4, 0.5) is 0 Å². The molecular formula is C20H28O4. The first-order chi connectivity index (χ1) is 11.3. The van der Waals surface area contributed by atoms with Crippen LogP contribution in [0.25, 0.3) is 0 Å². The Bertz CT molecular complexity index is 673. The zero-order valence-electron chi connectivity index (χ0n) is 14.8. The molecule has 1 heterocycles. The second-order valence-corrected chi connectivity index (χ2v) is 9.11. The first-order valence-corrected chi connectivity index (χ1v) is 9.22. The second kappa shape index (κ2) is 5.18. The zero-order valence-corrected chi connectivity index (χ0v) is 14.8. The molecule has 132 valence electrons. The highest BCUT2D eigenvalue weighted by Gasteiger charge is 2.59. The lowest BCUT2D eigenvalue weighted by molar-refractivity contribution is -0.124. The molecule has 0 aliphatic heterocycles. The molecule has 4 nitrogen and oxygen atoms in total. The monoisotopic (exact) mass is 332 g/mol. The third-order valence-electron chi connectivity index (χ3n) is 7.53. The fourth-order valence-electron chi connectivity index (χ4n) is 6.44. The summed E-state index contributed by atoms with van der Waals surface area (Å²) in [5, 5.41) is 20.4. The number of hydrogen-bond acceptors (Lipinski definition) is 4. The van der Waals surface area contributed by atoms with Crippen LogP contribution in [0.2, 0.25) is 0 Å². The van der Waals surface area contributed by atoms with E-state index >= 15 is 0 Å². The van der Waals surface area contributed by atoms with Crippen LogP contribution in [-0.4, -0.2) is 22.1 Å². The molecule has 1 aromatic rings. The minimum Gasteiger partial charge on any atom is -0.466 e. The van der Waals surface area contributed by atoms with Crippen molar-refractivity contribution < 1.29 is 19.4 Å². The normalized spacial score (nSPS) is 40.6. The van der Waals surface area contributed by atoms with E-state index in [9.17, 15) is 15.0 Å². The van der Waals surface area contributed by atoms with Crippen LogP contribution < -0.4 is 0 Å². The van der Waals surface area contributed by atoms with Gasteiger partial charge in [0.05, 0.1) is 17.9 Å². The molecule has 0 saturated heterocycles. The molecule has 5 unspecified atom stereocenters. The van der Waals surface area contributed by atoms with Crippen LogP contribution in [0, 0.1) is 22.7 Å². The van der Waals surface area contributed by atoms with Gasteiger partial charge in [0, 0.05) is 17.9 Å². The zero-order chi connectivity index (χ0) is 17.3. The van der Waals surface area contributed by atoms with Crippen LogP contribution in [0.5, 0.6) is 0 Å². The van der Waals surface area contributed by atoms with Gasteiger partial charge in [-0.15, -0.1) is 0 Å². The molecule has 3 aliphatic rings. The van der Waals surface area contributed by atoms with Crippen LogP contribution in [0.3, 0.4) is 0 Å². The minimum atomic E-state index is -0.443. The average Bonchev–Trinajstić information content (AvgIpc) is 2.94. The molecule has 0 radical (unpaired) electrons. The first kappa shape index (κ1) is 16.3. The summed E-state index contributed by atoms with van der Waals surface area (Å²) in [4.78, 5) is 12.8. The lowest BCUT2D eigenvalue weighted by Gasteiger charge is -2.61. The molecule has 0 aromatic carbocycles. The standard InChI is InChI=1S/C20H28O4/c1-19(2)5-4-6-20(3)12-7-13(22)18-11(10-24-15(18)9-21)17(12)14(23)8-16(19)20/h10,12,14,16-17,21,23H,4-9H2,1-3H3. The van der Waals surface area contributed by atoms with Gasteiger partial charge in [0.15, 0.2) is 5.78 Å². The van der Waals surface area contributed by atoms with Crippen LogP contribution in [0.15, 0.2) is 10.7 Å². The van der Waals surface area contributed by atoms with Crippen molar-refractivity contribution in [2.75, 3.05) is 0 Å².